The van der Waals surface area contributed by atoms with Crippen molar-refractivity contribution in [2.24, 2.45) is 5.92 Å². The van der Waals surface area contributed by atoms with Crippen LogP contribution in [-0.2, 0) is 4.79 Å². The number of hydrogen-bond donors (Lipinski definition) is 2. The van der Waals surface area contributed by atoms with E-state index < -0.39 is 0 Å². The molecule has 5 heteroatoms. The van der Waals surface area contributed by atoms with Crippen molar-refractivity contribution in [3.63, 3.8) is 0 Å². The first-order valence-electron chi connectivity index (χ1n) is 9.02. The fourth-order valence-corrected chi connectivity index (χ4v) is 3.26. The predicted octanol–water partition coefficient (Wildman–Crippen LogP) is 4.47. The third kappa shape index (κ3) is 4.42. The number of carbonyl (C=O) groups is 2. The molecule has 1 aliphatic rings. The summed E-state index contributed by atoms with van der Waals surface area (Å²) in [4.78, 5) is 24.7. The van der Waals surface area contributed by atoms with Crippen LogP contribution in [0, 0.1) is 5.92 Å². The Hall–Kier alpha value is -2.82. The molecule has 2 aromatic carbocycles. The number of ether oxygens (including phenoxy) is 1. The molecular formula is C21H24N2O3. The van der Waals surface area contributed by atoms with Crippen molar-refractivity contribution < 1.29 is 14.3 Å². The number of methoxy groups -OCH3 is 1. The number of rotatable bonds is 5. The van der Waals surface area contributed by atoms with Gasteiger partial charge in [0.1, 0.15) is 5.75 Å². The molecule has 0 bridgehead atoms. The summed E-state index contributed by atoms with van der Waals surface area (Å²) in [5.74, 6) is 0.574. The van der Waals surface area contributed by atoms with Crippen LogP contribution in [0.1, 0.15) is 42.5 Å². The van der Waals surface area contributed by atoms with E-state index in [9.17, 15) is 9.59 Å². The summed E-state index contributed by atoms with van der Waals surface area (Å²) in [7, 11) is 1.56. The van der Waals surface area contributed by atoms with Gasteiger partial charge in [0.15, 0.2) is 0 Å². The second-order valence-corrected chi connectivity index (χ2v) is 6.56. The van der Waals surface area contributed by atoms with Crippen molar-refractivity contribution in [2.75, 3.05) is 17.7 Å². The molecule has 0 spiro atoms. The first-order chi connectivity index (χ1) is 12.7. The highest BCUT2D eigenvalue weighted by molar-refractivity contribution is 6.05. The van der Waals surface area contributed by atoms with Gasteiger partial charge >= 0.3 is 0 Å². The van der Waals surface area contributed by atoms with Gasteiger partial charge in [0.25, 0.3) is 5.91 Å². The lowest BCUT2D eigenvalue weighted by Crippen LogP contribution is -2.24. The Bertz CT molecular complexity index is 765. The fourth-order valence-electron chi connectivity index (χ4n) is 3.26. The SMILES string of the molecule is COc1ccccc1NC(=O)c1ccc(NC(=O)C2CCCCC2)cc1. The molecule has 3 rings (SSSR count). The zero-order valence-electron chi connectivity index (χ0n) is 15.0. The van der Waals surface area contributed by atoms with Crippen molar-refractivity contribution in [1.29, 1.82) is 0 Å². The van der Waals surface area contributed by atoms with E-state index in [0.29, 0.717) is 17.0 Å². The van der Waals surface area contributed by atoms with Gasteiger partial charge in [-0.05, 0) is 49.2 Å². The lowest BCUT2D eigenvalue weighted by molar-refractivity contribution is -0.120. The van der Waals surface area contributed by atoms with E-state index in [-0.39, 0.29) is 17.7 Å². The standard InChI is InChI=1S/C21H24N2O3/c1-26-19-10-6-5-9-18(19)23-21(25)16-11-13-17(14-12-16)22-20(24)15-7-3-2-4-8-15/h5-6,9-15H,2-4,7-8H2,1H3,(H,22,24)(H,23,25). The maximum Gasteiger partial charge on any atom is 0.255 e. The molecular weight excluding hydrogens is 328 g/mol. The van der Waals surface area contributed by atoms with Gasteiger partial charge in [-0.3, -0.25) is 9.59 Å². The van der Waals surface area contributed by atoms with Crippen LogP contribution < -0.4 is 15.4 Å². The van der Waals surface area contributed by atoms with Crippen molar-refractivity contribution in [2.45, 2.75) is 32.1 Å². The smallest absolute Gasteiger partial charge is 0.255 e. The van der Waals surface area contributed by atoms with Gasteiger partial charge in [0.05, 0.1) is 12.8 Å². The molecule has 5 nitrogen and oxygen atoms in total. The molecule has 0 unspecified atom stereocenters. The Morgan fingerprint density at radius 1 is 0.923 bits per heavy atom. The van der Waals surface area contributed by atoms with Crippen LogP contribution >= 0.6 is 0 Å². The molecule has 0 saturated heterocycles. The molecule has 26 heavy (non-hydrogen) atoms. The van der Waals surface area contributed by atoms with Gasteiger partial charge in [0, 0.05) is 17.2 Å². The molecule has 2 aromatic rings. The molecule has 0 atom stereocenters. The van der Waals surface area contributed by atoms with Crippen molar-refractivity contribution in [3.05, 3.63) is 54.1 Å². The van der Waals surface area contributed by atoms with Gasteiger partial charge in [-0.2, -0.15) is 0 Å². The number of amides is 2. The summed E-state index contributed by atoms with van der Waals surface area (Å²) in [5, 5.41) is 5.79. The zero-order valence-corrected chi connectivity index (χ0v) is 15.0. The molecule has 2 amide bonds. The summed E-state index contributed by atoms with van der Waals surface area (Å²) >= 11 is 0. The molecule has 136 valence electrons. The van der Waals surface area contributed by atoms with E-state index in [0.717, 1.165) is 31.4 Å². The average Bonchev–Trinajstić information content (AvgIpc) is 2.69. The molecule has 0 aromatic heterocycles. The van der Waals surface area contributed by atoms with E-state index in [1.54, 1.807) is 43.5 Å². The molecule has 1 fully saturated rings. The third-order valence-electron chi connectivity index (χ3n) is 4.75. The largest absolute Gasteiger partial charge is 0.495 e. The summed E-state index contributed by atoms with van der Waals surface area (Å²) < 4.78 is 5.24. The summed E-state index contributed by atoms with van der Waals surface area (Å²) in [6, 6.07) is 14.2. The highest BCUT2D eigenvalue weighted by atomic mass is 16.5. The highest BCUT2D eigenvalue weighted by Crippen LogP contribution is 2.26. The van der Waals surface area contributed by atoms with Crippen LogP contribution in [0.4, 0.5) is 11.4 Å². The number of carbonyl (C=O) groups excluding carboxylic acids is 2. The van der Waals surface area contributed by atoms with Crippen LogP contribution in [0.15, 0.2) is 48.5 Å². The number of benzene rings is 2. The van der Waals surface area contributed by atoms with E-state index in [4.69, 9.17) is 4.74 Å². The Balaban J connectivity index is 1.61. The minimum Gasteiger partial charge on any atom is -0.495 e. The number of nitrogens with one attached hydrogen (secondary N) is 2. The Morgan fingerprint density at radius 2 is 1.62 bits per heavy atom. The summed E-state index contributed by atoms with van der Waals surface area (Å²) in [6.45, 7) is 0. The Morgan fingerprint density at radius 3 is 2.31 bits per heavy atom. The van der Waals surface area contributed by atoms with Crippen molar-refractivity contribution >= 4 is 23.2 Å². The third-order valence-corrected chi connectivity index (χ3v) is 4.75. The second kappa shape index (κ2) is 8.52. The highest BCUT2D eigenvalue weighted by Gasteiger charge is 2.21. The van der Waals surface area contributed by atoms with Crippen molar-refractivity contribution in [3.8, 4) is 5.75 Å². The molecule has 2 N–H and O–H groups in total. The maximum absolute atomic E-state index is 12.4. The monoisotopic (exact) mass is 352 g/mol. The molecule has 0 radical (unpaired) electrons. The van der Waals surface area contributed by atoms with Crippen LogP contribution in [0.3, 0.4) is 0 Å². The zero-order chi connectivity index (χ0) is 18.4. The van der Waals surface area contributed by atoms with Gasteiger partial charge in [-0.15, -0.1) is 0 Å². The second-order valence-electron chi connectivity index (χ2n) is 6.56. The quantitative estimate of drug-likeness (QED) is 0.834. The van der Waals surface area contributed by atoms with Gasteiger partial charge in [-0.25, -0.2) is 0 Å². The topological polar surface area (TPSA) is 67.4 Å². The van der Waals surface area contributed by atoms with E-state index in [1.807, 2.05) is 12.1 Å². The van der Waals surface area contributed by atoms with E-state index in [1.165, 1.54) is 6.42 Å². The van der Waals surface area contributed by atoms with E-state index in [2.05, 4.69) is 10.6 Å². The minimum absolute atomic E-state index is 0.0796. The molecule has 0 aliphatic heterocycles. The lowest BCUT2D eigenvalue weighted by Gasteiger charge is -2.20. The average molecular weight is 352 g/mol. The van der Waals surface area contributed by atoms with Crippen molar-refractivity contribution in [1.82, 2.24) is 0 Å². The van der Waals surface area contributed by atoms with Crippen LogP contribution in [0.5, 0.6) is 5.75 Å². The number of hydrogen-bond acceptors (Lipinski definition) is 3. The van der Waals surface area contributed by atoms with Gasteiger partial charge < -0.3 is 15.4 Å². The lowest BCUT2D eigenvalue weighted by atomic mass is 9.88. The first-order valence-corrected chi connectivity index (χ1v) is 9.02. The normalized spacial score (nSPS) is 14.5. The molecule has 1 aliphatic carbocycles. The minimum atomic E-state index is -0.223. The Labute approximate surface area is 153 Å². The number of para-hydroxylation sites is 2. The predicted molar refractivity (Wildman–Crippen MR) is 103 cm³/mol. The molecule has 1 saturated carbocycles. The summed E-state index contributed by atoms with van der Waals surface area (Å²) in [6.07, 6.45) is 5.40. The Kier molecular flexibility index (Phi) is 5.89. The first kappa shape index (κ1) is 18.0. The van der Waals surface area contributed by atoms with E-state index >= 15 is 0 Å². The molecule has 0 heterocycles. The maximum atomic E-state index is 12.4. The number of anilines is 2. The van der Waals surface area contributed by atoms with Gasteiger partial charge in [-0.1, -0.05) is 31.4 Å². The van der Waals surface area contributed by atoms with Gasteiger partial charge in [0.2, 0.25) is 5.91 Å². The summed E-state index contributed by atoms with van der Waals surface area (Å²) in [5.41, 5.74) is 1.86. The van der Waals surface area contributed by atoms with Crippen LogP contribution in [-0.4, -0.2) is 18.9 Å². The van der Waals surface area contributed by atoms with Crippen LogP contribution in [0.25, 0.3) is 0 Å². The van der Waals surface area contributed by atoms with Crippen LogP contribution in [0.2, 0.25) is 0 Å². The fraction of sp³-hybridized carbons (Fsp3) is 0.333.